The summed E-state index contributed by atoms with van der Waals surface area (Å²) in [7, 11) is 0. The number of aryl methyl sites for hydroxylation is 1. The van der Waals surface area contributed by atoms with Crippen molar-refractivity contribution >= 4 is 24.0 Å². The highest BCUT2D eigenvalue weighted by Crippen LogP contribution is 2.32. The van der Waals surface area contributed by atoms with Gasteiger partial charge in [0, 0.05) is 18.3 Å². The number of hydrogen-bond donors (Lipinski definition) is 1. The van der Waals surface area contributed by atoms with Crippen LogP contribution < -0.4 is 10.6 Å². The highest BCUT2D eigenvalue weighted by molar-refractivity contribution is 5.96. The minimum atomic E-state index is 0. The number of likely N-dealkylation sites (tertiary alicyclic amines) is 1. The molecule has 0 aromatic heterocycles. The van der Waals surface area contributed by atoms with Crippen LogP contribution in [-0.2, 0) is 11.2 Å². The average Bonchev–Trinajstić information content (AvgIpc) is 2.89. The number of carbonyl (C=O) groups excluding carboxylic acids is 1. The van der Waals surface area contributed by atoms with Gasteiger partial charge in [0.25, 0.3) is 0 Å². The monoisotopic (exact) mass is 337 g/mol. The van der Waals surface area contributed by atoms with Crippen LogP contribution in [0.25, 0.3) is 0 Å². The van der Waals surface area contributed by atoms with Crippen molar-refractivity contribution in [2.45, 2.75) is 39.2 Å². The van der Waals surface area contributed by atoms with Crippen molar-refractivity contribution in [1.29, 1.82) is 0 Å². The lowest BCUT2D eigenvalue weighted by molar-refractivity contribution is -0.120. The van der Waals surface area contributed by atoms with Gasteiger partial charge in [0.05, 0.1) is 6.54 Å². The topological polar surface area (TPSA) is 49.6 Å². The van der Waals surface area contributed by atoms with Gasteiger partial charge in [0.15, 0.2) is 0 Å². The summed E-state index contributed by atoms with van der Waals surface area (Å²) in [6, 6.07) is 8.59. The standard InChI is InChI=1S/C18H27N3O.ClH/c1-14-7-8-15-5-3-4-6-16(15)21(14)17(22)11-20-10-9-18(2,12-19)13-20;/h3-6,14H,7-13,19H2,1-2H3;1H. The van der Waals surface area contributed by atoms with E-state index in [9.17, 15) is 4.79 Å². The minimum absolute atomic E-state index is 0. The number of para-hydroxylation sites is 1. The molecular formula is C18H28ClN3O. The molecule has 2 N–H and O–H groups in total. The predicted molar refractivity (Wildman–Crippen MR) is 97.2 cm³/mol. The summed E-state index contributed by atoms with van der Waals surface area (Å²) in [6.07, 6.45) is 3.20. The second-order valence-electron chi connectivity index (χ2n) is 7.26. The molecule has 0 spiro atoms. The molecule has 2 aliphatic rings. The van der Waals surface area contributed by atoms with Crippen molar-refractivity contribution in [3.05, 3.63) is 29.8 Å². The molecule has 0 bridgehead atoms. The van der Waals surface area contributed by atoms with E-state index in [1.54, 1.807) is 0 Å². The Labute approximate surface area is 145 Å². The Balaban J connectivity index is 0.00000192. The second kappa shape index (κ2) is 7.20. The third kappa shape index (κ3) is 3.70. The third-order valence-electron chi connectivity index (χ3n) is 5.28. The molecule has 1 fully saturated rings. The van der Waals surface area contributed by atoms with Crippen molar-refractivity contribution in [3.8, 4) is 0 Å². The fourth-order valence-corrected chi connectivity index (χ4v) is 3.76. The lowest BCUT2D eigenvalue weighted by atomic mass is 9.90. The van der Waals surface area contributed by atoms with Gasteiger partial charge in [-0.2, -0.15) is 0 Å². The number of hydrogen-bond acceptors (Lipinski definition) is 3. The van der Waals surface area contributed by atoms with E-state index in [2.05, 4.69) is 36.9 Å². The van der Waals surface area contributed by atoms with Gasteiger partial charge in [-0.15, -0.1) is 12.4 Å². The van der Waals surface area contributed by atoms with Gasteiger partial charge in [-0.25, -0.2) is 0 Å². The minimum Gasteiger partial charge on any atom is -0.330 e. The van der Waals surface area contributed by atoms with E-state index in [0.717, 1.165) is 38.0 Å². The first-order valence-electron chi connectivity index (χ1n) is 8.35. The molecule has 2 heterocycles. The number of nitrogens with zero attached hydrogens (tertiary/aromatic N) is 2. The molecule has 0 saturated carbocycles. The Morgan fingerprint density at radius 2 is 2.13 bits per heavy atom. The first-order chi connectivity index (χ1) is 10.5. The van der Waals surface area contributed by atoms with E-state index in [4.69, 9.17) is 5.73 Å². The smallest absolute Gasteiger partial charge is 0.241 e. The largest absolute Gasteiger partial charge is 0.330 e. The third-order valence-corrected chi connectivity index (χ3v) is 5.28. The number of benzene rings is 1. The van der Waals surface area contributed by atoms with E-state index >= 15 is 0 Å². The molecule has 23 heavy (non-hydrogen) atoms. The number of nitrogens with two attached hydrogens (primary N) is 1. The van der Waals surface area contributed by atoms with Gasteiger partial charge < -0.3 is 10.6 Å². The maximum absolute atomic E-state index is 12.9. The van der Waals surface area contributed by atoms with Crippen molar-refractivity contribution < 1.29 is 4.79 Å². The second-order valence-corrected chi connectivity index (χ2v) is 7.26. The number of fused-ring (bicyclic) bond motifs is 1. The molecule has 128 valence electrons. The van der Waals surface area contributed by atoms with Gasteiger partial charge in [0.1, 0.15) is 0 Å². The number of amides is 1. The van der Waals surface area contributed by atoms with Crippen LogP contribution >= 0.6 is 12.4 Å². The highest BCUT2D eigenvalue weighted by atomic mass is 35.5. The maximum atomic E-state index is 12.9. The van der Waals surface area contributed by atoms with Gasteiger partial charge in [-0.3, -0.25) is 9.69 Å². The van der Waals surface area contributed by atoms with E-state index in [1.165, 1.54) is 5.56 Å². The lowest BCUT2D eigenvalue weighted by Crippen LogP contribution is -2.47. The first kappa shape index (κ1) is 18.2. The summed E-state index contributed by atoms with van der Waals surface area (Å²) in [5, 5.41) is 0. The quantitative estimate of drug-likeness (QED) is 0.921. The molecule has 2 atom stereocenters. The van der Waals surface area contributed by atoms with E-state index in [0.29, 0.717) is 13.1 Å². The van der Waals surface area contributed by atoms with Gasteiger partial charge in [-0.1, -0.05) is 25.1 Å². The summed E-state index contributed by atoms with van der Waals surface area (Å²) in [4.78, 5) is 17.2. The number of carbonyl (C=O) groups is 1. The Morgan fingerprint density at radius 3 is 2.83 bits per heavy atom. The van der Waals surface area contributed by atoms with E-state index < -0.39 is 0 Å². The zero-order valence-corrected chi connectivity index (χ0v) is 14.9. The van der Waals surface area contributed by atoms with Crippen LogP contribution in [0.2, 0.25) is 0 Å². The molecule has 0 aliphatic carbocycles. The predicted octanol–water partition coefficient (Wildman–Crippen LogP) is 2.45. The highest BCUT2D eigenvalue weighted by Gasteiger charge is 2.35. The molecule has 1 saturated heterocycles. The average molecular weight is 338 g/mol. The molecule has 1 aromatic carbocycles. The molecule has 4 nitrogen and oxygen atoms in total. The zero-order valence-electron chi connectivity index (χ0n) is 14.1. The lowest BCUT2D eigenvalue weighted by Gasteiger charge is -2.36. The number of halogens is 1. The van der Waals surface area contributed by atoms with Crippen LogP contribution in [0.5, 0.6) is 0 Å². The molecule has 1 amide bonds. The maximum Gasteiger partial charge on any atom is 0.241 e. The van der Waals surface area contributed by atoms with Crippen molar-refractivity contribution in [2.75, 3.05) is 31.1 Å². The Kier molecular flexibility index (Phi) is 5.71. The molecular weight excluding hydrogens is 310 g/mol. The number of rotatable bonds is 3. The van der Waals surface area contributed by atoms with Crippen LogP contribution in [0.3, 0.4) is 0 Å². The van der Waals surface area contributed by atoms with E-state index in [-0.39, 0.29) is 29.8 Å². The fraction of sp³-hybridized carbons (Fsp3) is 0.611. The van der Waals surface area contributed by atoms with Crippen LogP contribution in [0.4, 0.5) is 5.69 Å². The Hall–Kier alpha value is -1.10. The zero-order chi connectivity index (χ0) is 15.7. The van der Waals surface area contributed by atoms with Crippen molar-refractivity contribution in [1.82, 2.24) is 4.90 Å². The number of anilines is 1. The summed E-state index contributed by atoms with van der Waals surface area (Å²) < 4.78 is 0. The molecule has 2 unspecified atom stereocenters. The summed E-state index contributed by atoms with van der Waals surface area (Å²) in [6.45, 7) is 7.48. The van der Waals surface area contributed by atoms with Crippen molar-refractivity contribution in [3.63, 3.8) is 0 Å². The van der Waals surface area contributed by atoms with Crippen LogP contribution in [0.15, 0.2) is 24.3 Å². The Morgan fingerprint density at radius 1 is 1.39 bits per heavy atom. The first-order valence-corrected chi connectivity index (χ1v) is 8.35. The summed E-state index contributed by atoms with van der Waals surface area (Å²) >= 11 is 0. The fourth-order valence-electron chi connectivity index (χ4n) is 3.76. The summed E-state index contributed by atoms with van der Waals surface area (Å²) in [5.74, 6) is 0.223. The summed E-state index contributed by atoms with van der Waals surface area (Å²) in [5.41, 5.74) is 8.44. The van der Waals surface area contributed by atoms with Crippen LogP contribution in [0, 0.1) is 5.41 Å². The molecule has 5 heteroatoms. The van der Waals surface area contributed by atoms with Gasteiger partial charge in [-0.05, 0) is 56.3 Å². The van der Waals surface area contributed by atoms with Gasteiger partial charge in [0.2, 0.25) is 5.91 Å². The SMILES string of the molecule is CC1CCc2ccccc2N1C(=O)CN1CCC(C)(CN)C1.Cl. The van der Waals surface area contributed by atoms with E-state index in [1.807, 2.05) is 11.0 Å². The normalized spacial score (nSPS) is 27.4. The van der Waals surface area contributed by atoms with Gasteiger partial charge >= 0.3 is 0 Å². The van der Waals surface area contributed by atoms with Crippen molar-refractivity contribution in [2.24, 2.45) is 11.1 Å². The molecule has 0 radical (unpaired) electrons. The van der Waals surface area contributed by atoms with Crippen LogP contribution in [-0.4, -0.2) is 43.0 Å². The molecule has 3 rings (SSSR count). The Bertz CT molecular complexity index is 565. The molecule has 1 aromatic rings. The van der Waals surface area contributed by atoms with Crippen LogP contribution in [0.1, 0.15) is 32.3 Å². The molecule has 2 aliphatic heterocycles.